The molecule has 5 nitrogen and oxygen atoms in total. The summed E-state index contributed by atoms with van der Waals surface area (Å²) in [5.41, 5.74) is 0.643. The molecule has 1 aromatic carbocycles. The molecular formula is C17H18N2O3S. The van der Waals surface area contributed by atoms with E-state index in [1.807, 2.05) is 29.6 Å². The van der Waals surface area contributed by atoms with Gasteiger partial charge in [-0.2, -0.15) is 0 Å². The minimum absolute atomic E-state index is 0.00792. The molecule has 120 valence electrons. The van der Waals surface area contributed by atoms with Crippen LogP contribution in [0, 0.1) is 0 Å². The number of para-hydroxylation sites is 2. The molecule has 1 atom stereocenters. The number of hydrogen-bond donors (Lipinski definition) is 1. The quantitative estimate of drug-likeness (QED) is 0.914. The lowest BCUT2D eigenvalue weighted by Crippen LogP contribution is -2.49. The summed E-state index contributed by atoms with van der Waals surface area (Å²) in [4.78, 5) is 27.2. The standard InChI is InChI=1S/C17H18N2O3S/c1-12-17(21)19(14-6-2-3-7-15(14)22-12)11-16(20)18-9-8-13-5-4-10-23-13/h2-7,10,12H,8-9,11H2,1H3,(H,18,20). The highest BCUT2D eigenvalue weighted by atomic mass is 32.1. The topological polar surface area (TPSA) is 58.6 Å². The Morgan fingerprint density at radius 2 is 2.13 bits per heavy atom. The average Bonchev–Trinajstić information content (AvgIpc) is 3.05. The monoisotopic (exact) mass is 330 g/mol. The molecule has 2 amide bonds. The van der Waals surface area contributed by atoms with E-state index < -0.39 is 6.10 Å². The number of nitrogens with zero attached hydrogens (tertiary/aromatic N) is 1. The molecule has 1 N–H and O–H groups in total. The number of hydrogen-bond acceptors (Lipinski definition) is 4. The zero-order valence-electron chi connectivity index (χ0n) is 12.8. The van der Waals surface area contributed by atoms with Crippen LogP contribution in [0.5, 0.6) is 5.75 Å². The largest absolute Gasteiger partial charge is 0.479 e. The van der Waals surface area contributed by atoms with E-state index in [2.05, 4.69) is 5.32 Å². The average molecular weight is 330 g/mol. The van der Waals surface area contributed by atoms with Crippen LogP contribution in [0.4, 0.5) is 5.69 Å². The molecule has 1 aromatic heterocycles. The first-order valence-electron chi connectivity index (χ1n) is 7.51. The molecule has 0 saturated carbocycles. The third-order valence-electron chi connectivity index (χ3n) is 3.65. The molecule has 1 aliphatic rings. The van der Waals surface area contributed by atoms with Gasteiger partial charge in [0, 0.05) is 11.4 Å². The van der Waals surface area contributed by atoms with Gasteiger partial charge in [-0.25, -0.2) is 0 Å². The minimum atomic E-state index is -0.580. The van der Waals surface area contributed by atoms with E-state index in [-0.39, 0.29) is 18.4 Å². The van der Waals surface area contributed by atoms with Crippen LogP contribution in [-0.2, 0) is 16.0 Å². The maximum absolute atomic E-state index is 12.3. The van der Waals surface area contributed by atoms with Gasteiger partial charge in [0.2, 0.25) is 5.91 Å². The lowest BCUT2D eigenvalue weighted by atomic mass is 10.2. The Hall–Kier alpha value is -2.34. The zero-order valence-corrected chi connectivity index (χ0v) is 13.6. The molecule has 0 spiro atoms. The van der Waals surface area contributed by atoms with E-state index in [4.69, 9.17) is 4.74 Å². The fourth-order valence-corrected chi connectivity index (χ4v) is 3.21. The Morgan fingerprint density at radius 3 is 2.91 bits per heavy atom. The van der Waals surface area contributed by atoms with Crippen molar-refractivity contribution in [2.75, 3.05) is 18.0 Å². The molecule has 0 fully saturated rings. The van der Waals surface area contributed by atoms with Gasteiger partial charge in [0.25, 0.3) is 5.91 Å². The van der Waals surface area contributed by atoms with E-state index in [0.717, 1.165) is 6.42 Å². The molecule has 0 bridgehead atoms. The molecule has 0 saturated heterocycles. The van der Waals surface area contributed by atoms with E-state index >= 15 is 0 Å². The van der Waals surface area contributed by atoms with E-state index in [0.29, 0.717) is 18.0 Å². The summed E-state index contributed by atoms with van der Waals surface area (Å²) in [5, 5.41) is 4.88. The lowest BCUT2D eigenvalue weighted by molar-refractivity contribution is -0.128. The Kier molecular flexibility index (Phi) is 4.62. The number of benzene rings is 1. The fraction of sp³-hybridized carbons (Fsp3) is 0.294. The minimum Gasteiger partial charge on any atom is -0.479 e. The van der Waals surface area contributed by atoms with Gasteiger partial charge in [-0.15, -0.1) is 11.3 Å². The molecule has 1 unspecified atom stereocenters. The van der Waals surface area contributed by atoms with Crippen molar-refractivity contribution in [3.05, 3.63) is 46.7 Å². The lowest BCUT2D eigenvalue weighted by Gasteiger charge is -2.32. The van der Waals surface area contributed by atoms with E-state index in [1.165, 1.54) is 9.78 Å². The number of anilines is 1. The smallest absolute Gasteiger partial charge is 0.268 e. The van der Waals surface area contributed by atoms with E-state index in [9.17, 15) is 9.59 Å². The highest BCUT2D eigenvalue weighted by Crippen LogP contribution is 2.33. The van der Waals surface area contributed by atoms with Crippen molar-refractivity contribution in [2.45, 2.75) is 19.4 Å². The molecule has 23 heavy (non-hydrogen) atoms. The summed E-state index contributed by atoms with van der Waals surface area (Å²) in [6, 6.07) is 11.3. The molecule has 0 radical (unpaired) electrons. The van der Waals surface area contributed by atoms with Gasteiger partial charge in [-0.3, -0.25) is 14.5 Å². The van der Waals surface area contributed by atoms with Crippen molar-refractivity contribution in [1.82, 2.24) is 5.32 Å². The van der Waals surface area contributed by atoms with Crippen LogP contribution in [0.2, 0.25) is 0 Å². The first-order valence-corrected chi connectivity index (χ1v) is 8.39. The molecule has 0 aliphatic carbocycles. The second-order valence-corrected chi connectivity index (χ2v) is 6.36. The van der Waals surface area contributed by atoms with Crippen LogP contribution in [0.25, 0.3) is 0 Å². The van der Waals surface area contributed by atoms with E-state index in [1.54, 1.807) is 30.4 Å². The summed E-state index contributed by atoms with van der Waals surface area (Å²) in [6.07, 6.45) is 0.219. The number of thiophene rings is 1. The fourth-order valence-electron chi connectivity index (χ4n) is 2.50. The number of fused-ring (bicyclic) bond motifs is 1. The molecular weight excluding hydrogens is 312 g/mol. The van der Waals surface area contributed by atoms with Crippen LogP contribution >= 0.6 is 11.3 Å². The maximum Gasteiger partial charge on any atom is 0.268 e. The summed E-state index contributed by atoms with van der Waals surface area (Å²) in [7, 11) is 0. The Bertz CT molecular complexity index is 700. The summed E-state index contributed by atoms with van der Waals surface area (Å²) in [6.45, 7) is 2.27. The predicted molar refractivity (Wildman–Crippen MR) is 89.9 cm³/mol. The highest BCUT2D eigenvalue weighted by molar-refractivity contribution is 7.09. The molecule has 2 heterocycles. The van der Waals surface area contributed by atoms with Crippen molar-refractivity contribution in [3.63, 3.8) is 0 Å². The Balaban J connectivity index is 1.62. The highest BCUT2D eigenvalue weighted by Gasteiger charge is 2.32. The SMILES string of the molecule is CC1Oc2ccccc2N(CC(=O)NCCc2cccs2)C1=O. The molecule has 6 heteroatoms. The van der Waals surface area contributed by atoms with Crippen LogP contribution < -0.4 is 15.0 Å². The second-order valence-electron chi connectivity index (χ2n) is 5.33. The number of rotatable bonds is 5. The van der Waals surface area contributed by atoms with Crippen molar-refractivity contribution >= 4 is 28.8 Å². The zero-order chi connectivity index (χ0) is 16.2. The van der Waals surface area contributed by atoms with Gasteiger partial charge in [0.15, 0.2) is 6.10 Å². The number of carbonyl (C=O) groups excluding carboxylic acids is 2. The predicted octanol–water partition coefficient (Wildman–Crippen LogP) is 2.22. The number of amides is 2. The van der Waals surface area contributed by atoms with Gasteiger partial charge in [0.1, 0.15) is 12.3 Å². The van der Waals surface area contributed by atoms with Crippen LogP contribution in [0.3, 0.4) is 0 Å². The number of carbonyl (C=O) groups is 2. The molecule has 2 aromatic rings. The second kappa shape index (κ2) is 6.83. The van der Waals surface area contributed by atoms with Crippen LogP contribution in [0.1, 0.15) is 11.8 Å². The van der Waals surface area contributed by atoms with Crippen molar-refractivity contribution in [1.29, 1.82) is 0 Å². The third-order valence-corrected chi connectivity index (χ3v) is 4.59. The normalized spacial score (nSPS) is 16.7. The molecule has 1 aliphatic heterocycles. The number of ether oxygens (including phenoxy) is 1. The van der Waals surface area contributed by atoms with Gasteiger partial charge < -0.3 is 10.1 Å². The number of nitrogens with one attached hydrogen (secondary N) is 1. The van der Waals surface area contributed by atoms with Crippen molar-refractivity contribution in [3.8, 4) is 5.75 Å². The Labute approximate surface area is 138 Å². The van der Waals surface area contributed by atoms with Gasteiger partial charge in [-0.05, 0) is 36.9 Å². The first kappa shape index (κ1) is 15.6. The first-order chi connectivity index (χ1) is 11.1. The van der Waals surface area contributed by atoms with Crippen LogP contribution in [-0.4, -0.2) is 31.0 Å². The summed E-state index contributed by atoms with van der Waals surface area (Å²) in [5.74, 6) is 0.266. The van der Waals surface area contributed by atoms with Gasteiger partial charge in [0.05, 0.1) is 5.69 Å². The van der Waals surface area contributed by atoms with Crippen LogP contribution in [0.15, 0.2) is 41.8 Å². The maximum atomic E-state index is 12.3. The third kappa shape index (κ3) is 3.53. The molecule has 3 rings (SSSR count). The summed E-state index contributed by atoms with van der Waals surface area (Å²) >= 11 is 1.67. The van der Waals surface area contributed by atoms with Gasteiger partial charge >= 0.3 is 0 Å². The van der Waals surface area contributed by atoms with Gasteiger partial charge in [-0.1, -0.05) is 18.2 Å². The Morgan fingerprint density at radius 1 is 1.30 bits per heavy atom. The van der Waals surface area contributed by atoms with Crippen molar-refractivity contribution < 1.29 is 14.3 Å². The summed E-state index contributed by atoms with van der Waals surface area (Å²) < 4.78 is 5.56. The van der Waals surface area contributed by atoms with Crippen molar-refractivity contribution in [2.24, 2.45) is 0 Å².